The van der Waals surface area contributed by atoms with Crippen molar-refractivity contribution in [1.82, 2.24) is 15.2 Å². The molecule has 0 unspecified atom stereocenters. The molecule has 124 valence electrons. The van der Waals surface area contributed by atoms with Crippen molar-refractivity contribution < 1.29 is 9.90 Å². The Kier molecular flexibility index (Phi) is 5.45. The van der Waals surface area contributed by atoms with Gasteiger partial charge in [-0.3, -0.25) is 0 Å². The predicted molar refractivity (Wildman–Crippen MR) is 89.1 cm³/mol. The number of aromatic nitrogens is 1. The van der Waals surface area contributed by atoms with Gasteiger partial charge in [0.1, 0.15) is 5.01 Å². The van der Waals surface area contributed by atoms with Gasteiger partial charge < -0.3 is 15.3 Å². The number of piperidine rings is 1. The summed E-state index contributed by atoms with van der Waals surface area (Å²) < 4.78 is 0. The first-order chi connectivity index (χ1) is 10.3. The van der Waals surface area contributed by atoms with Gasteiger partial charge in [0.25, 0.3) is 0 Å². The van der Waals surface area contributed by atoms with Gasteiger partial charge in [0, 0.05) is 30.5 Å². The molecule has 1 aromatic rings. The van der Waals surface area contributed by atoms with Crippen molar-refractivity contribution in [2.24, 2.45) is 5.92 Å². The van der Waals surface area contributed by atoms with E-state index in [0.29, 0.717) is 6.54 Å². The van der Waals surface area contributed by atoms with Gasteiger partial charge in [-0.2, -0.15) is 0 Å². The molecule has 2 rings (SSSR count). The number of amides is 2. The van der Waals surface area contributed by atoms with Crippen LogP contribution >= 0.6 is 11.3 Å². The molecule has 0 spiro atoms. The molecule has 1 fully saturated rings. The maximum atomic E-state index is 12.4. The number of likely N-dealkylation sites (tertiary alicyclic amines) is 1. The zero-order valence-electron chi connectivity index (χ0n) is 13.9. The second-order valence-electron chi connectivity index (χ2n) is 7.13. The van der Waals surface area contributed by atoms with E-state index in [4.69, 9.17) is 0 Å². The molecule has 1 aliphatic heterocycles. The number of nitrogens with one attached hydrogen (secondary N) is 1. The van der Waals surface area contributed by atoms with Gasteiger partial charge in [0.15, 0.2) is 0 Å². The molecule has 0 saturated carbocycles. The second-order valence-corrected chi connectivity index (χ2v) is 8.02. The van der Waals surface area contributed by atoms with Crippen LogP contribution in [0, 0.1) is 5.92 Å². The van der Waals surface area contributed by atoms with Gasteiger partial charge in [0.2, 0.25) is 0 Å². The molecule has 22 heavy (non-hydrogen) atoms. The fraction of sp³-hybridized carbons (Fsp3) is 0.750. The van der Waals surface area contributed by atoms with Crippen LogP contribution in [0.3, 0.4) is 0 Å². The van der Waals surface area contributed by atoms with Crippen LogP contribution in [0.4, 0.5) is 4.79 Å². The third kappa shape index (κ3) is 4.20. The summed E-state index contributed by atoms with van der Waals surface area (Å²) >= 11 is 1.59. The van der Waals surface area contributed by atoms with Crippen molar-refractivity contribution in [3.8, 4) is 0 Å². The maximum Gasteiger partial charge on any atom is 0.317 e. The maximum absolute atomic E-state index is 12.4. The van der Waals surface area contributed by atoms with E-state index in [-0.39, 0.29) is 30.0 Å². The molecule has 1 aromatic heterocycles. The minimum Gasteiger partial charge on any atom is -0.396 e. The first kappa shape index (κ1) is 17.2. The number of rotatable bonds is 3. The van der Waals surface area contributed by atoms with E-state index in [1.807, 2.05) is 6.92 Å². The number of aliphatic hydroxyl groups excluding tert-OH is 1. The van der Waals surface area contributed by atoms with Crippen LogP contribution in [0.5, 0.6) is 0 Å². The SMILES string of the molecule is C[C@@H](NC(=O)N1CCC[C@H](CO)C1)c1nc(C(C)(C)C)cs1. The lowest BCUT2D eigenvalue weighted by atomic mass is 9.93. The smallest absolute Gasteiger partial charge is 0.317 e. The number of nitrogens with zero attached hydrogens (tertiary/aromatic N) is 2. The molecule has 2 atom stereocenters. The van der Waals surface area contributed by atoms with Crippen molar-refractivity contribution in [3.63, 3.8) is 0 Å². The summed E-state index contributed by atoms with van der Waals surface area (Å²) in [5.74, 6) is 0.210. The van der Waals surface area contributed by atoms with Crippen molar-refractivity contribution in [1.29, 1.82) is 0 Å². The Labute approximate surface area is 136 Å². The van der Waals surface area contributed by atoms with Crippen LogP contribution in [0.15, 0.2) is 5.38 Å². The van der Waals surface area contributed by atoms with Crippen LogP contribution in [0.25, 0.3) is 0 Å². The average molecular weight is 325 g/mol. The molecule has 0 aliphatic carbocycles. The second kappa shape index (κ2) is 6.96. The summed E-state index contributed by atoms with van der Waals surface area (Å²) in [6.07, 6.45) is 1.95. The molecule has 0 aromatic carbocycles. The van der Waals surface area contributed by atoms with Crippen LogP contribution in [-0.2, 0) is 5.41 Å². The number of aliphatic hydroxyl groups is 1. The van der Waals surface area contributed by atoms with Gasteiger partial charge in [0.05, 0.1) is 11.7 Å². The lowest BCUT2D eigenvalue weighted by Gasteiger charge is -2.32. The van der Waals surface area contributed by atoms with Gasteiger partial charge in [-0.05, 0) is 25.7 Å². The van der Waals surface area contributed by atoms with Crippen LogP contribution in [-0.4, -0.2) is 40.7 Å². The molecule has 0 radical (unpaired) electrons. The van der Waals surface area contributed by atoms with Crippen molar-refractivity contribution in [2.45, 2.75) is 52.0 Å². The Bertz CT molecular complexity index is 510. The van der Waals surface area contributed by atoms with Crippen LogP contribution in [0.1, 0.15) is 57.3 Å². The molecule has 2 amide bonds. The standard InChI is InChI=1S/C16H27N3O2S/c1-11(14-18-13(10-22-14)16(2,3)4)17-15(21)19-7-5-6-12(8-19)9-20/h10-12,20H,5-9H2,1-4H3,(H,17,21)/t11-,12+/m1/s1. The van der Waals surface area contributed by atoms with E-state index < -0.39 is 0 Å². The number of carbonyl (C=O) groups is 1. The summed E-state index contributed by atoms with van der Waals surface area (Å²) in [4.78, 5) is 18.8. The highest BCUT2D eigenvalue weighted by Crippen LogP contribution is 2.27. The van der Waals surface area contributed by atoms with E-state index in [1.54, 1.807) is 16.2 Å². The molecule has 5 nitrogen and oxygen atoms in total. The number of carbonyl (C=O) groups excluding carboxylic acids is 1. The highest BCUT2D eigenvalue weighted by atomic mass is 32.1. The summed E-state index contributed by atoms with van der Waals surface area (Å²) in [5.41, 5.74) is 1.09. The number of hydrogen-bond donors (Lipinski definition) is 2. The Hall–Kier alpha value is -1.14. The van der Waals surface area contributed by atoms with Gasteiger partial charge in [-0.1, -0.05) is 20.8 Å². The minimum atomic E-state index is -0.0943. The molecule has 2 N–H and O–H groups in total. The topological polar surface area (TPSA) is 65.5 Å². The largest absolute Gasteiger partial charge is 0.396 e. The number of hydrogen-bond acceptors (Lipinski definition) is 4. The summed E-state index contributed by atoms with van der Waals surface area (Å²) in [6, 6.07) is -0.152. The quantitative estimate of drug-likeness (QED) is 0.898. The molecular formula is C16H27N3O2S. The highest BCUT2D eigenvalue weighted by molar-refractivity contribution is 7.09. The third-order valence-electron chi connectivity index (χ3n) is 4.07. The zero-order chi connectivity index (χ0) is 16.3. The molecule has 6 heteroatoms. The number of urea groups is 1. The minimum absolute atomic E-state index is 0.0275. The summed E-state index contributed by atoms with van der Waals surface area (Å²) in [7, 11) is 0. The Morgan fingerprint density at radius 2 is 2.32 bits per heavy atom. The third-order valence-corrected chi connectivity index (χ3v) is 5.09. The fourth-order valence-corrected chi connectivity index (χ4v) is 3.62. The predicted octanol–water partition coefficient (Wildman–Crippen LogP) is 2.92. The van der Waals surface area contributed by atoms with Crippen LogP contribution in [0.2, 0.25) is 0 Å². The molecule has 1 aliphatic rings. The average Bonchev–Trinajstić information content (AvgIpc) is 2.97. The van der Waals surface area contributed by atoms with E-state index in [9.17, 15) is 9.90 Å². The monoisotopic (exact) mass is 325 g/mol. The van der Waals surface area contributed by atoms with E-state index in [2.05, 4.69) is 36.5 Å². The van der Waals surface area contributed by atoms with Crippen molar-refractivity contribution in [3.05, 3.63) is 16.1 Å². The van der Waals surface area contributed by atoms with Crippen molar-refractivity contribution in [2.75, 3.05) is 19.7 Å². The van der Waals surface area contributed by atoms with E-state index >= 15 is 0 Å². The summed E-state index contributed by atoms with van der Waals surface area (Å²) in [5, 5.41) is 15.3. The van der Waals surface area contributed by atoms with E-state index in [1.165, 1.54) is 0 Å². The highest BCUT2D eigenvalue weighted by Gasteiger charge is 2.25. The Morgan fingerprint density at radius 1 is 1.59 bits per heavy atom. The molecular weight excluding hydrogens is 298 g/mol. The fourth-order valence-electron chi connectivity index (χ4n) is 2.57. The molecule has 1 saturated heterocycles. The van der Waals surface area contributed by atoms with E-state index in [0.717, 1.165) is 30.1 Å². The summed E-state index contributed by atoms with van der Waals surface area (Å²) in [6.45, 7) is 9.94. The van der Waals surface area contributed by atoms with Gasteiger partial charge >= 0.3 is 6.03 Å². The normalized spacial score (nSPS) is 20.8. The zero-order valence-corrected chi connectivity index (χ0v) is 14.7. The number of thiazole rings is 1. The Balaban J connectivity index is 1.95. The molecule has 2 heterocycles. The first-order valence-electron chi connectivity index (χ1n) is 7.93. The van der Waals surface area contributed by atoms with Crippen molar-refractivity contribution >= 4 is 17.4 Å². The Morgan fingerprint density at radius 3 is 2.91 bits per heavy atom. The lowest BCUT2D eigenvalue weighted by Crippen LogP contribution is -2.46. The van der Waals surface area contributed by atoms with Gasteiger partial charge in [-0.15, -0.1) is 11.3 Å². The molecule has 0 bridgehead atoms. The lowest BCUT2D eigenvalue weighted by molar-refractivity contribution is 0.128. The first-order valence-corrected chi connectivity index (χ1v) is 8.81. The van der Waals surface area contributed by atoms with Crippen LogP contribution < -0.4 is 5.32 Å². The van der Waals surface area contributed by atoms with Gasteiger partial charge in [-0.25, -0.2) is 9.78 Å².